The Hall–Kier alpha value is -2.38. The molecule has 0 spiro atoms. The van der Waals surface area contributed by atoms with Crippen LogP contribution in [0.2, 0.25) is 0 Å². The first-order valence-corrected chi connectivity index (χ1v) is 10.2. The minimum atomic E-state index is -3.64. The largest absolute Gasteiger partial charge is 0.325 e. The van der Waals surface area contributed by atoms with Crippen LogP contribution in [0.5, 0.6) is 0 Å². The Morgan fingerprint density at radius 1 is 1.00 bits per heavy atom. The second-order valence-corrected chi connectivity index (χ2v) is 8.12. The van der Waals surface area contributed by atoms with Gasteiger partial charge in [0.15, 0.2) is 0 Å². The van der Waals surface area contributed by atoms with Crippen molar-refractivity contribution in [1.29, 1.82) is 0 Å². The van der Waals surface area contributed by atoms with Crippen molar-refractivity contribution in [1.82, 2.24) is 9.62 Å². The predicted octanol–water partition coefficient (Wildman–Crippen LogP) is 3.35. The van der Waals surface area contributed by atoms with Crippen LogP contribution in [0.25, 0.3) is 0 Å². The minimum Gasteiger partial charge on any atom is -0.325 e. The quantitative estimate of drug-likeness (QED) is 0.844. The number of benzene rings is 2. The molecule has 1 unspecified atom stereocenters. The van der Waals surface area contributed by atoms with Crippen molar-refractivity contribution in [3.05, 3.63) is 60.2 Å². The lowest BCUT2D eigenvalue weighted by molar-refractivity contribution is 0.222. The molecule has 2 aromatic rings. The lowest BCUT2D eigenvalue weighted by atomic mass is 10.1. The summed E-state index contributed by atoms with van der Waals surface area (Å²) < 4.78 is 27.8. The van der Waals surface area contributed by atoms with E-state index in [1.807, 2.05) is 30.3 Å². The fourth-order valence-electron chi connectivity index (χ4n) is 2.95. The van der Waals surface area contributed by atoms with Crippen LogP contribution in [0.3, 0.4) is 0 Å². The van der Waals surface area contributed by atoms with Crippen molar-refractivity contribution >= 4 is 21.7 Å². The molecule has 0 aromatic heterocycles. The summed E-state index contributed by atoms with van der Waals surface area (Å²) in [6.07, 6.45) is 2.05. The van der Waals surface area contributed by atoms with E-state index < -0.39 is 10.0 Å². The highest BCUT2D eigenvalue weighted by Gasteiger charge is 2.20. The number of carbonyl (C=O) groups is 1. The monoisotopic (exact) mass is 373 g/mol. The number of urea groups is 1. The number of hydrogen-bond donors (Lipinski definition) is 2. The van der Waals surface area contributed by atoms with Crippen LogP contribution in [-0.2, 0) is 10.0 Å². The van der Waals surface area contributed by atoms with Crippen molar-refractivity contribution in [2.45, 2.75) is 30.7 Å². The van der Waals surface area contributed by atoms with E-state index in [9.17, 15) is 13.2 Å². The number of anilines is 1. The molecule has 138 valence electrons. The summed E-state index contributed by atoms with van der Waals surface area (Å²) in [5.41, 5.74) is 1.47. The molecule has 1 atom stereocenters. The smallest absolute Gasteiger partial charge is 0.321 e. The summed E-state index contributed by atoms with van der Waals surface area (Å²) in [6.45, 7) is 3.33. The van der Waals surface area contributed by atoms with Gasteiger partial charge in [0.2, 0.25) is 10.0 Å². The Bertz CT molecular complexity index is 845. The molecule has 1 aliphatic rings. The first-order chi connectivity index (χ1) is 12.5. The van der Waals surface area contributed by atoms with Gasteiger partial charge in [-0.1, -0.05) is 30.3 Å². The molecular formula is C19H23N3O3S. The van der Waals surface area contributed by atoms with Gasteiger partial charge in [0.1, 0.15) is 0 Å². The second kappa shape index (κ2) is 7.88. The molecule has 2 aromatic carbocycles. The van der Waals surface area contributed by atoms with Gasteiger partial charge in [0, 0.05) is 24.8 Å². The van der Waals surface area contributed by atoms with E-state index in [1.165, 1.54) is 12.1 Å². The summed E-state index contributed by atoms with van der Waals surface area (Å²) >= 11 is 0. The summed E-state index contributed by atoms with van der Waals surface area (Å²) in [5.74, 6) is 0. The van der Waals surface area contributed by atoms with Crippen molar-refractivity contribution in [3.63, 3.8) is 0 Å². The van der Waals surface area contributed by atoms with E-state index in [-0.39, 0.29) is 17.0 Å². The zero-order valence-corrected chi connectivity index (χ0v) is 15.5. The molecule has 2 amide bonds. The van der Waals surface area contributed by atoms with E-state index in [4.69, 9.17) is 0 Å². The number of nitrogens with one attached hydrogen (secondary N) is 2. The Morgan fingerprint density at radius 2 is 1.62 bits per heavy atom. The van der Waals surface area contributed by atoms with E-state index in [0.717, 1.165) is 31.5 Å². The number of rotatable bonds is 5. The Labute approximate surface area is 154 Å². The molecule has 1 fully saturated rings. The van der Waals surface area contributed by atoms with E-state index in [0.29, 0.717) is 5.69 Å². The van der Waals surface area contributed by atoms with Crippen LogP contribution in [0.15, 0.2) is 59.5 Å². The van der Waals surface area contributed by atoms with E-state index in [1.54, 1.807) is 24.0 Å². The molecule has 26 heavy (non-hydrogen) atoms. The average molecular weight is 373 g/mol. The molecule has 1 saturated heterocycles. The van der Waals surface area contributed by atoms with Gasteiger partial charge < -0.3 is 10.2 Å². The molecule has 1 aliphatic heterocycles. The average Bonchev–Trinajstić information content (AvgIpc) is 3.17. The highest BCUT2D eigenvalue weighted by molar-refractivity contribution is 7.89. The standard InChI is InChI=1S/C19H23N3O3S/c1-15(16-7-3-2-4-8-16)21-26(24,25)18-11-9-17(10-12-18)20-19(23)22-13-5-6-14-22/h2-4,7-12,15,21H,5-6,13-14H2,1H3,(H,20,23). The molecule has 7 heteroatoms. The van der Waals surface area contributed by atoms with Crippen molar-refractivity contribution < 1.29 is 13.2 Å². The molecular weight excluding hydrogens is 350 g/mol. The van der Waals surface area contributed by atoms with E-state index in [2.05, 4.69) is 10.0 Å². The van der Waals surface area contributed by atoms with Gasteiger partial charge in [0.05, 0.1) is 4.90 Å². The molecule has 0 bridgehead atoms. The molecule has 1 heterocycles. The Kier molecular flexibility index (Phi) is 5.58. The van der Waals surface area contributed by atoms with Gasteiger partial charge in [-0.05, 0) is 49.6 Å². The van der Waals surface area contributed by atoms with E-state index >= 15 is 0 Å². The minimum absolute atomic E-state index is 0.145. The maximum atomic E-state index is 12.6. The SMILES string of the molecule is CC(NS(=O)(=O)c1ccc(NC(=O)N2CCCC2)cc1)c1ccccc1. The fourth-order valence-corrected chi connectivity index (χ4v) is 4.18. The molecule has 2 N–H and O–H groups in total. The van der Waals surface area contributed by atoms with Crippen molar-refractivity contribution in [3.8, 4) is 0 Å². The van der Waals surface area contributed by atoms with Gasteiger partial charge in [-0.25, -0.2) is 17.9 Å². The lowest BCUT2D eigenvalue weighted by Crippen LogP contribution is -2.32. The van der Waals surface area contributed by atoms with Gasteiger partial charge >= 0.3 is 6.03 Å². The first-order valence-electron chi connectivity index (χ1n) is 8.69. The third-order valence-corrected chi connectivity index (χ3v) is 6.00. The van der Waals surface area contributed by atoms with Crippen LogP contribution >= 0.6 is 0 Å². The third kappa shape index (κ3) is 4.42. The van der Waals surface area contributed by atoms with Crippen LogP contribution in [0.1, 0.15) is 31.4 Å². The molecule has 0 aliphatic carbocycles. The summed E-state index contributed by atoms with van der Waals surface area (Å²) in [4.78, 5) is 14.0. The van der Waals surface area contributed by atoms with Gasteiger partial charge in [-0.2, -0.15) is 0 Å². The summed E-state index contributed by atoms with van der Waals surface area (Å²) in [6, 6.07) is 15.1. The summed E-state index contributed by atoms with van der Waals surface area (Å²) in [7, 11) is -3.64. The molecule has 0 saturated carbocycles. The number of sulfonamides is 1. The third-order valence-electron chi connectivity index (χ3n) is 4.44. The normalized spacial score (nSPS) is 15.7. The number of amides is 2. The highest BCUT2D eigenvalue weighted by Crippen LogP contribution is 2.19. The van der Waals surface area contributed by atoms with Crippen molar-refractivity contribution in [2.75, 3.05) is 18.4 Å². The molecule has 0 radical (unpaired) electrons. The van der Waals surface area contributed by atoms with Crippen molar-refractivity contribution in [2.24, 2.45) is 0 Å². The predicted molar refractivity (Wildman–Crippen MR) is 101 cm³/mol. The first kappa shape index (κ1) is 18.4. The van der Waals surface area contributed by atoms with Gasteiger partial charge in [0.25, 0.3) is 0 Å². The van der Waals surface area contributed by atoms with Crippen LogP contribution in [0.4, 0.5) is 10.5 Å². The lowest BCUT2D eigenvalue weighted by Gasteiger charge is -2.17. The van der Waals surface area contributed by atoms with Crippen LogP contribution in [0, 0.1) is 0 Å². The molecule has 6 nitrogen and oxygen atoms in total. The number of hydrogen-bond acceptors (Lipinski definition) is 3. The maximum Gasteiger partial charge on any atom is 0.321 e. The maximum absolute atomic E-state index is 12.6. The Morgan fingerprint density at radius 3 is 2.23 bits per heavy atom. The summed E-state index contributed by atoms with van der Waals surface area (Å²) in [5, 5.41) is 2.80. The number of likely N-dealkylation sites (tertiary alicyclic amines) is 1. The number of nitrogens with zero attached hydrogens (tertiary/aromatic N) is 1. The van der Waals surface area contributed by atoms with Crippen LogP contribution in [-0.4, -0.2) is 32.4 Å². The number of carbonyl (C=O) groups excluding carboxylic acids is 1. The highest BCUT2D eigenvalue weighted by atomic mass is 32.2. The fraction of sp³-hybridized carbons (Fsp3) is 0.316. The topological polar surface area (TPSA) is 78.5 Å². The zero-order chi connectivity index (χ0) is 18.6. The zero-order valence-electron chi connectivity index (χ0n) is 14.7. The Balaban J connectivity index is 1.65. The molecule has 3 rings (SSSR count). The van der Waals surface area contributed by atoms with Gasteiger partial charge in [-0.15, -0.1) is 0 Å². The van der Waals surface area contributed by atoms with Gasteiger partial charge in [-0.3, -0.25) is 0 Å². The van der Waals surface area contributed by atoms with Crippen LogP contribution < -0.4 is 10.0 Å². The second-order valence-electron chi connectivity index (χ2n) is 6.40.